The summed E-state index contributed by atoms with van der Waals surface area (Å²) in [4.78, 5) is 0. The summed E-state index contributed by atoms with van der Waals surface area (Å²) in [6.45, 7) is 0. The Hall–Kier alpha value is 3.01. The molecule has 0 fully saturated rings. The van der Waals surface area contributed by atoms with Crippen LogP contribution in [-0.2, 0) is 72.3 Å². The fourth-order valence-corrected chi connectivity index (χ4v) is 0. The van der Waals surface area contributed by atoms with Crippen molar-refractivity contribution in [2.75, 3.05) is 0 Å². The fraction of sp³-hybridized carbons (Fsp3) is 0. The van der Waals surface area contributed by atoms with Gasteiger partial charge in [-0.25, -0.2) is 0 Å². The van der Waals surface area contributed by atoms with Crippen molar-refractivity contribution in [3.8, 4) is 0 Å². The molecule has 2 radical (unpaired) electrons. The number of hydrogen-bond acceptors (Lipinski definition) is 0. The largest absolute Gasteiger partial charge is 2.00 e. The van der Waals surface area contributed by atoms with E-state index >= 15 is 0 Å². The first-order chi connectivity index (χ1) is 0. The van der Waals surface area contributed by atoms with Crippen molar-refractivity contribution >= 4 is 23.1 Å². The maximum atomic E-state index is 0. The molecule has 0 aromatic heterocycles. The molecule has 0 aliphatic carbocycles. The van der Waals surface area contributed by atoms with E-state index < -0.39 is 0 Å². The first-order valence-corrected chi connectivity index (χ1v) is 0. The van der Waals surface area contributed by atoms with Crippen LogP contribution < -0.4 is 0 Å². The van der Waals surface area contributed by atoms with E-state index in [9.17, 15) is 0 Å². The smallest absolute Gasteiger partial charge is 1.00 e. The van der Waals surface area contributed by atoms with Crippen LogP contribution in [0.3, 0.4) is 0 Å². The third kappa shape index (κ3) is 19.4. The Morgan fingerprint density at radius 2 is 1.20 bits per heavy atom. The molecule has 0 heterocycles. The second-order valence-corrected chi connectivity index (χ2v) is 0. The molecule has 0 aliphatic rings. The zero-order valence-electron chi connectivity index (χ0n) is 4.20. The van der Waals surface area contributed by atoms with Gasteiger partial charge < -0.3 is 2.85 Å². The molecule has 0 aromatic rings. The molecule has 0 nitrogen and oxygen atoms in total. The molecule has 0 atom stereocenters. The third-order valence-corrected chi connectivity index (χ3v) is 0. The summed E-state index contributed by atoms with van der Waals surface area (Å²) in [5.41, 5.74) is 0. The molecule has 0 bridgehead atoms. The predicted molar refractivity (Wildman–Crippen MR) is 7.98 cm³/mol. The van der Waals surface area contributed by atoms with Crippen LogP contribution in [0.2, 0.25) is 0 Å². The van der Waals surface area contributed by atoms with Crippen LogP contribution in [0, 0.1) is 0 Å². The van der Waals surface area contributed by atoms with Gasteiger partial charge in [-0.3, -0.25) is 0 Å². The van der Waals surface area contributed by atoms with E-state index in [-0.39, 0.29) is 98.3 Å². The molecule has 5 heteroatoms. The topological polar surface area (TPSA) is 0 Å². The Morgan fingerprint density at radius 3 is 1.20 bits per heavy atom. The molecule has 0 N–H and O–H groups in total. The summed E-state index contributed by atoms with van der Waals surface area (Å²) in [6.07, 6.45) is 0. The second-order valence-electron chi connectivity index (χ2n) is 0. The van der Waals surface area contributed by atoms with Crippen LogP contribution >= 0.6 is 0 Å². The van der Waals surface area contributed by atoms with E-state index in [0.717, 1.165) is 0 Å². The standard InChI is InChI=1S/Cu.Mg.Mn.Ni.Ti.2H/q;+2;;;;2*-1. The molecule has 0 rings (SSSR count). The molecule has 0 amide bonds. The van der Waals surface area contributed by atoms with Gasteiger partial charge in [0.1, 0.15) is 0 Å². The minimum absolute atomic E-state index is 0. The molecule has 5 heavy (non-hydrogen) atoms. The van der Waals surface area contributed by atoms with Crippen LogP contribution in [-0.4, -0.2) is 23.1 Å². The summed E-state index contributed by atoms with van der Waals surface area (Å²) in [6, 6.07) is 0. The average molecular weight is 251 g/mol. The van der Waals surface area contributed by atoms with E-state index in [0.29, 0.717) is 0 Å². The summed E-state index contributed by atoms with van der Waals surface area (Å²) in [7, 11) is 0. The normalized spacial score (nSPS) is 0. The van der Waals surface area contributed by atoms with Gasteiger partial charge in [0.25, 0.3) is 0 Å². The Bertz CT molecular complexity index is 17.7. The molecule has 0 unspecified atom stereocenters. The van der Waals surface area contributed by atoms with Gasteiger partial charge in [0, 0.05) is 72.3 Å². The van der Waals surface area contributed by atoms with Crippen molar-refractivity contribution in [3.05, 3.63) is 0 Å². The zero-order valence-corrected chi connectivity index (χ0v) is 8.29. The fourth-order valence-electron chi connectivity index (χ4n) is 0. The molecule has 0 aromatic carbocycles. The number of rotatable bonds is 0. The van der Waals surface area contributed by atoms with Gasteiger partial charge in [-0.1, -0.05) is 0 Å². The molecule has 0 saturated carbocycles. The molecular formula is H2CuMgMnNiTi. The van der Waals surface area contributed by atoms with Crippen molar-refractivity contribution in [3.63, 3.8) is 0 Å². The first-order valence-electron chi connectivity index (χ1n) is 0. The van der Waals surface area contributed by atoms with Crippen LogP contribution in [0.1, 0.15) is 2.85 Å². The van der Waals surface area contributed by atoms with Crippen LogP contribution in [0.4, 0.5) is 0 Å². The van der Waals surface area contributed by atoms with E-state index in [1.165, 1.54) is 0 Å². The van der Waals surface area contributed by atoms with Crippen molar-refractivity contribution in [1.29, 1.82) is 0 Å². The average Bonchev–Trinajstić information content (AvgIpc) is 0. The van der Waals surface area contributed by atoms with Crippen LogP contribution in [0.25, 0.3) is 0 Å². The van der Waals surface area contributed by atoms with Gasteiger partial charge in [-0.2, -0.15) is 0 Å². The molecule has 36 valence electrons. The first kappa shape index (κ1) is 43.4. The molecule has 0 spiro atoms. The Morgan fingerprint density at radius 1 is 1.20 bits per heavy atom. The summed E-state index contributed by atoms with van der Waals surface area (Å²) in [5, 5.41) is 0. The van der Waals surface area contributed by atoms with Gasteiger partial charge in [0.05, 0.1) is 0 Å². The maximum absolute atomic E-state index is 0. The van der Waals surface area contributed by atoms with Crippen molar-refractivity contribution in [2.24, 2.45) is 0 Å². The monoisotopic (exact) mass is 250 g/mol. The molecule has 0 aliphatic heterocycles. The van der Waals surface area contributed by atoms with E-state index in [2.05, 4.69) is 0 Å². The number of hydrogen-bond donors (Lipinski definition) is 0. The van der Waals surface area contributed by atoms with Gasteiger partial charge in [-0.15, -0.1) is 0 Å². The Balaban J connectivity index is 0. The van der Waals surface area contributed by atoms with E-state index in [4.69, 9.17) is 0 Å². The van der Waals surface area contributed by atoms with Crippen molar-refractivity contribution in [2.45, 2.75) is 0 Å². The van der Waals surface area contributed by atoms with E-state index in [1.54, 1.807) is 0 Å². The van der Waals surface area contributed by atoms with Gasteiger partial charge in [0.15, 0.2) is 0 Å². The third-order valence-electron chi connectivity index (χ3n) is 0. The van der Waals surface area contributed by atoms with Crippen LogP contribution in [0.15, 0.2) is 0 Å². The second kappa shape index (κ2) is 27.9. The summed E-state index contributed by atoms with van der Waals surface area (Å²) in [5.74, 6) is 0. The molecular weight excluding hydrogens is 249 g/mol. The van der Waals surface area contributed by atoms with Gasteiger partial charge in [0.2, 0.25) is 0 Å². The quantitative estimate of drug-likeness (QED) is 0.525. The minimum Gasteiger partial charge on any atom is -1.00 e. The van der Waals surface area contributed by atoms with Crippen LogP contribution in [0.5, 0.6) is 0 Å². The molecule has 0 saturated heterocycles. The SMILES string of the molecule is [Cu].[H-].[H-].[Mg+2].[Mn].[Ni].[Ti]. The minimum atomic E-state index is 0. The Kier molecular flexibility index (Phi) is 243. The van der Waals surface area contributed by atoms with Gasteiger partial charge >= 0.3 is 23.1 Å². The summed E-state index contributed by atoms with van der Waals surface area (Å²) >= 11 is 0. The van der Waals surface area contributed by atoms with Crippen molar-refractivity contribution < 1.29 is 75.2 Å². The zero-order chi connectivity index (χ0) is 0. The maximum Gasteiger partial charge on any atom is 2.00 e. The van der Waals surface area contributed by atoms with Crippen molar-refractivity contribution in [1.82, 2.24) is 0 Å². The summed E-state index contributed by atoms with van der Waals surface area (Å²) < 4.78 is 0. The van der Waals surface area contributed by atoms with Gasteiger partial charge in [-0.05, 0) is 0 Å². The van der Waals surface area contributed by atoms with E-state index in [1.807, 2.05) is 0 Å². The Labute approximate surface area is 96.9 Å². The predicted octanol–water partition coefficient (Wildman–Crippen LogP) is -0.166.